The van der Waals surface area contributed by atoms with E-state index in [4.69, 9.17) is 4.74 Å². The minimum absolute atomic E-state index is 0.128. The van der Waals surface area contributed by atoms with Crippen molar-refractivity contribution in [1.29, 1.82) is 0 Å². The Labute approximate surface area is 137 Å². The van der Waals surface area contributed by atoms with Crippen molar-refractivity contribution < 1.29 is 14.6 Å². The average molecular weight is 313 g/mol. The maximum Gasteiger partial charge on any atom is 0.261 e. The predicted octanol–water partition coefficient (Wildman–Crippen LogP) is 3.01. The van der Waals surface area contributed by atoms with Gasteiger partial charge in [-0.25, -0.2) is 0 Å². The van der Waals surface area contributed by atoms with E-state index in [0.717, 1.165) is 11.1 Å². The molecule has 0 saturated carbocycles. The second-order valence-electron chi connectivity index (χ2n) is 6.18. The Bertz CT molecular complexity index is 635. The molecule has 4 heteroatoms. The zero-order valence-corrected chi connectivity index (χ0v) is 13.7. The zero-order chi connectivity index (χ0) is 16.9. The summed E-state index contributed by atoms with van der Waals surface area (Å²) < 4.78 is 5.66. The fraction of sp³-hybridized carbons (Fsp3) is 0.316. The van der Waals surface area contributed by atoms with Gasteiger partial charge >= 0.3 is 0 Å². The van der Waals surface area contributed by atoms with Crippen LogP contribution < -0.4 is 10.1 Å². The summed E-state index contributed by atoms with van der Waals surface area (Å²) in [6.45, 7) is 5.07. The molecule has 4 nitrogen and oxygen atoms in total. The second-order valence-corrected chi connectivity index (χ2v) is 6.18. The summed E-state index contributed by atoms with van der Waals surface area (Å²) in [5.74, 6) is 0.380. The molecule has 2 aromatic rings. The van der Waals surface area contributed by atoms with E-state index in [9.17, 15) is 9.90 Å². The third kappa shape index (κ3) is 4.83. The molecule has 0 aromatic heterocycles. The van der Waals surface area contributed by atoms with E-state index in [-0.39, 0.29) is 12.5 Å². The number of carbonyl (C=O) groups excluding carboxylic acids is 1. The maximum atomic E-state index is 12.1. The Morgan fingerprint density at radius 3 is 2.22 bits per heavy atom. The lowest BCUT2D eigenvalue weighted by molar-refractivity contribution is -0.129. The molecule has 0 aliphatic carbocycles. The summed E-state index contributed by atoms with van der Waals surface area (Å²) in [4.78, 5) is 12.1. The number of amides is 1. The van der Waals surface area contributed by atoms with E-state index in [1.807, 2.05) is 54.6 Å². The summed E-state index contributed by atoms with van der Waals surface area (Å²) >= 11 is 0. The van der Waals surface area contributed by atoms with Gasteiger partial charge in [-0.3, -0.25) is 4.79 Å². The molecule has 0 aliphatic heterocycles. The summed E-state index contributed by atoms with van der Waals surface area (Å²) in [7, 11) is 0. The van der Waals surface area contributed by atoms with Crippen LogP contribution in [0, 0.1) is 0 Å². The van der Waals surface area contributed by atoms with Gasteiger partial charge in [0.15, 0.2) is 6.10 Å². The fourth-order valence-electron chi connectivity index (χ4n) is 2.09. The molecule has 0 bridgehead atoms. The first kappa shape index (κ1) is 17.0. The van der Waals surface area contributed by atoms with Crippen LogP contribution in [0.3, 0.4) is 0 Å². The highest BCUT2D eigenvalue weighted by Crippen LogP contribution is 2.22. The smallest absolute Gasteiger partial charge is 0.261 e. The molecule has 23 heavy (non-hydrogen) atoms. The minimum atomic E-state index is -0.661. The molecule has 1 atom stereocenters. The number of ether oxygens (including phenoxy) is 1. The van der Waals surface area contributed by atoms with Crippen molar-refractivity contribution in [1.82, 2.24) is 5.32 Å². The normalized spacial score (nSPS) is 12.5. The van der Waals surface area contributed by atoms with E-state index in [2.05, 4.69) is 5.32 Å². The molecule has 0 heterocycles. The monoisotopic (exact) mass is 313 g/mol. The Balaban J connectivity index is 1.99. The van der Waals surface area contributed by atoms with Crippen LogP contribution >= 0.6 is 0 Å². The summed E-state index contributed by atoms with van der Waals surface area (Å²) in [5.41, 5.74) is 1.57. The van der Waals surface area contributed by atoms with Gasteiger partial charge in [0.2, 0.25) is 0 Å². The zero-order valence-electron chi connectivity index (χ0n) is 13.7. The number of hydrogen-bond acceptors (Lipinski definition) is 3. The van der Waals surface area contributed by atoms with E-state index in [1.165, 1.54) is 0 Å². The van der Waals surface area contributed by atoms with Crippen molar-refractivity contribution in [3.8, 4) is 16.9 Å². The predicted molar refractivity (Wildman–Crippen MR) is 91.3 cm³/mol. The van der Waals surface area contributed by atoms with Gasteiger partial charge in [0.1, 0.15) is 5.75 Å². The van der Waals surface area contributed by atoms with Gasteiger partial charge in [0, 0.05) is 0 Å². The number of aliphatic hydroxyl groups is 1. The molecular formula is C19H23NO3. The summed E-state index contributed by atoms with van der Waals surface area (Å²) in [6.07, 6.45) is -0.636. The van der Waals surface area contributed by atoms with E-state index < -0.39 is 11.6 Å². The van der Waals surface area contributed by atoms with Crippen molar-refractivity contribution in [2.45, 2.75) is 32.4 Å². The first-order valence-corrected chi connectivity index (χ1v) is 7.66. The second kappa shape index (κ2) is 7.29. The van der Waals surface area contributed by atoms with Crippen LogP contribution in [-0.2, 0) is 4.79 Å². The van der Waals surface area contributed by atoms with E-state index in [0.29, 0.717) is 5.75 Å². The standard InChI is InChI=1S/C19H23NO3/c1-14(18(22)20-19(2,3)13-21)23-17-11-9-16(10-12-17)15-7-5-4-6-8-15/h4-12,14,21H,13H2,1-3H3,(H,20,22). The Hall–Kier alpha value is -2.33. The first-order chi connectivity index (χ1) is 10.9. The minimum Gasteiger partial charge on any atom is -0.481 e. The Morgan fingerprint density at radius 1 is 1.09 bits per heavy atom. The number of rotatable bonds is 6. The highest BCUT2D eigenvalue weighted by atomic mass is 16.5. The van der Waals surface area contributed by atoms with Crippen molar-refractivity contribution in [2.24, 2.45) is 0 Å². The topological polar surface area (TPSA) is 58.6 Å². The maximum absolute atomic E-state index is 12.1. The fourth-order valence-corrected chi connectivity index (χ4v) is 2.09. The third-order valence-electron chi connectivity index (χ3n) is 3.50. The highest BCUT2D eigenvalue weighted by Gasteiger charge is 2.23. The Morgan fingerprint density at radius 2 is 1.65 bits per heavy atom. The van der Waals surface area contributed by atoms with Gasteiger partial charge in [-0.1, -0.05) is 42.5 Å². The van der Waals surface area contributed by atoms with Gasteiger partial charge in [0.05, 0.1) is 12.1 Å². The van der Waals surface area contributed by atoms with Gasteiger partial charge in [0.25, 0.3) is 5.91 Å². The van der Waals surface area contributed by atoms with Crippen LogP contribution in [0.15, 0.2) is 54.6 Å². The number of carbonyl (C=O) groups is 1. The average Bonchev–Trinajstić information content (AvgIpc) is 2.56. The van der Waals surface area contributed by atoms with Crippen molar-refractivity contribution in [3.05, 3.63) is 54.6 Å². The molecular weight excluding hydrogens is 290 g/mol. The van der Waals surface area contributed by atoms with Crippen LogP contribution in [0.1, 0.15) is 20.8 Å². The van der Waals surface area contributed by atoms with Crippen LogP contribution in [0.5, 0.6) is 5.75 Å². The van der Waals surface area contributed by atoms with Gasteiger partial charge in [-0.05, 0) is 44.0 Å². The lowest BCUT2D eigenvalue weighted by atomic mass is 10.1. The molecule has 0 spiro atoms. The molecule has 2 aromatic carbocycles. The van der Waals surface area contributed by atoms with Crippen LogP contribution in [0.4, 0.5) is 0 Å². The molecule has 1 unspecified atom stereocenters. The number of benzene rings is 2. The van der Waals surface area contributed by atoms with Crippen LogP contribution in [-0.4, -0.2) is 29.3 Å². The summed E-state index contributed by atoms with van der Waals surface area (Å²) in [6, 6.07) is 17.7. The quantitative estimate of drug-likeness (QED) is 0.862. The van der Waals surface area contributed by atoms with Gasteiger partial charge in [-0.2, -0.15) is 0 Å². The molecule has 1 amide bonds. The first-order valence-electron chi connectivity index (χ1n) is 7.66. The van der Waals surface area contributed by atoms with Gasteiger partial charge in [-0.15, -0.1) is 0 Å². The van der Waals surface area contributed by atoms with Crippen molar-refractivity contribution in [3.63, 3.8) is 0 Å². The molecule has 2 N–H and O–H groups in total. The lowest BCUT2D eigenvalue weighted by Gasteiger charge is -2.25. The largest absolute Gasteiger partial charge is 0.481 e. The Kier molecular flexibility index (Phi) is 5.40. The number of nitrogens with one attached hydrogen (secondary N) is 1. The van der Waals surface area contributed by atoms with Crippen molar-refractivity contribution >= 4 is 5.91 Å². The lowest BCUT2D eigenvalue weighted by Crippen LogP contribution is -2.50. The highest BCUT2D eigenvalue weighted by molar-refractivity contribution is 5.81. The molecule has 0 fully saturated rings. The molecule has 0 radical (unpaired) electrons. The molecule has 2 rings (SSSR count). The number of hydrogen-bond donors (Lipinski definition) is 2. The summed E-state index contributed by atoms with van der Waals surface area (Å²) in [5, 5.41) is 11.9. The molecule has 0 aliphatic rings. The molecule has 0 saturated heterocycles. The van der Waals surface area contributed by atoms with E-state index >= 15 is 0 Å². The molecule has 122 valence electrons. The van der Waals surface area contributed by atoms with Gasteiger partial charge < -0.3 is 15.2 Å². The van der Waals surface area contributed by atoms with Crippen molar-refractivity contribution in [2.75, 3.05) is 6.61 Å². The number of aliphatic hydroxyl groups excluding tert-OH is 1. The third-order valence-corrected chi connectivity index (χ3v) is 3.50. The van der Waals surface area contributed by atoms with Crippen LogP contribution in [0.2, 0.25) is 0 Å². The van der Waals surface area contributed by atoms with E-state index in [1.54, 1.807) is 20.8 Å². The van der Waals surface area contributed by atoms with Crippen LogP contribution in [0.25, 0.3) is 11.1 Å². The SMILES string of the molecule is CC(Oc1ccc(-c2ccccc2)cc1)C(=O)NC(C)(C)CO.